The summed E-state index contributed by atoms with van der Waals surface area (Å²) in [4.78, 5) is 12.2. The third kappa shape index (κ3) is 41.2. The van der Waals surface area contributed by atoms with Crippen LogP contribution in [0.1, 0.15) is 232 Å². The Morgan fingerprint density at radius 2 is 0.878 bits per heavy atom. The highest BCUT2D eigenvalue weighted by Crippen LogP contribution is 2.16. The largest absolute Gasteiger partial charge is 0.457 e. The first-order chi connectivity index (χ1) is 24.2. The number of hydrogen-bond acceptors (Lipinski definition) is 4. The van der Waals surface area contributed by atoms with Gasteiger partial charge in [-0.05, 0) is 38.5 Å². The van der Waals surface area contributed by atoms with Crippen LogP contribution in [0.4, 0.5) is 0 Å². The molecule has 1 atom stereocenters. The molecule has 0 bridgehead atoms. The summed E-state index contributed by atoms with van der Waals surface area (Å²) in [6.45, 7) is 5.33. The number of ether oxygens (including phenoxy) is 2. The van der Waals surface area contributed by atoms with Crippen molar-refractivity contribution >= 4 is 5.97 Å². The maximum Gasteiger partial charge on any atom is 0.306 e. The van der Waals surface area contributed by atoms with E-state index >= 15 is 0 Å². The van der Waals surface area contributed by atoms with E-state index in [0.29, 0.717) is 19.6 Å². The van der Waals surface area contributed by atoms with Crippen LogP contribution in [0, 0.1) is 0 Å². The Morgan fingerprint density at radius 1 is 0.490 bits per heavy atom. The monoisotopic (exact) mass is 691 g/mol. The molecule has 0 aliphatic carbocycles. The van der Waals surface area contributed by atoms with Crippen molar-refractivity contribution in [1.82, 2.24) is 0 Å². The molecule has 0 aliphatic heterocycles. The zero-order valence-corrected chi connectivity index (χ0v) is 33.2. The zero-order chi connectivity index (χ0) is 35.6. The van der Waals surface area contributed by atoms with Gasteiger partial charge in [0.1, 0.15) is 6.10 Å². The number of hydrogen-bond donors (Lipinski definition) is 1. The third-order valence-corrected chi connectivity index (χ3v) is 9.78. The van der Waals surface area contributed by atoms with E-state index in [9.17, 15) is 9.90 Å². The van der Waals surface area contributed by atoms with Gasteiger partial charge in [-0.15, -0.1) is 0 Å². The number of rotatable bonds is 41. The molecule has 0 rings (SSSR count). The summed E-state index contributed by atoms with van der Waals surface area (Å²) in [6, 6.07) is 0. The number of carbonyl (C=O) groups is 1. The fourth-order valence-corrected chi connectivity index (χ4v) is 6.46. The Hall–Kier alpha value is -1.13. The standard InChI is InChI=1S/C45H86O4/c1-3-5-7-9-11-13-15-17-19-20-21-22-23-24-25-26-27-29-31-33-35-37-39-41-48-43-44(42-46)49-45(47)40-38-36-34-32-30-28-18-16-14-12-10-8-6-4-2/h10,12,16,18,44,46H,3-9,11,13-15,17,19-43H2,1-2H3/b12-10-,18-16-. The number of aliphatic hydroxyl groups excluding tert-OH is 1. The lowest BCUT2D eigenvalue weighted by molar-refractivity contribution is -0.154. The lowest BCUT2D eigenvalue weighted by Gasteiger charge is -2.15. The van der Waals surface area contributed by atoms with Gasteiger partial charge < -0.3 is 14.6 Å². The normalized spacial score (nSPS) is 12.5. The van der Waals surface area contributed by atoms with Gasteiger partial charge in [-0.2, -0.15) is 0 Å². The minimum atomic E-state index is -0.537. The topological polar surface area (TPSA) is 55.8 Å². The number of esters is 1. The summed E-state index contributed by atoms with van der Waals surface area (Å²) < 4.78 is 11.2. The van der Waals surface area contributed by atoms with E-state index in [2.05, 4.69) is 38.2 Å². The van der Waals surface area contributed by atoms with Crippen LogP contribution in [0.15, 0.2) is 24.3 Å². The summed E-state index contributed by atoms with van der Waals surface area (Å²) in [5.41, 5.74) is 0. The predicted octanol–water partition coefficient (Wildman–Crippen LogP) is 14.3. The highest BCUT2D eigenvalue weighted by molar-refractivity contribution is 5.69. The molecule has 0 saturated heterocycles. The third-order valence-electron chi connectivity index (χ3n) is 9.78. The van der Waals surface area contributed by atoms with E-state index in [1.54, 1.807) is 0 Å². The van der Waals surface area contributed by atoms with Crippen molar-refractivity contribution < 1.29 is 19.4 Å². The molecule has 1 unspecified atom stereocenters. The van der Waals surface area contributed by atoms with Crippen molar-refractivity contribution in [2.24, 2.45) is 0 Å². The fraction of sp³-hybridized carbons (Fsp3) is 0.889. The molecule has 0 amide bonds. The molecular weight excluding hydrogens is 604 g/mol. The number of allylic oxidation sites excluding steroid dienone is 4. The summed E-state index contributed by atoms with van der Waals surface area (Å²) in [6.07, 6.45) is 52.5. The molecular formula is C45H86O4. The van der Waals surface area contributed by atoms with E-state index < -0.39 is 6.10 Å². The number of carbonyl (C=O) groups excluding carboxylic acids is 1. The Labute approximate surface area is 307 Å². The minimum Gasteiger partial charge on any atom is -0.457 e. The highest BCUT2D eigenvalue weighted by Gasteiger charge is 2.13. The van der Waals surface area contributed by atoms with Crippen molar-refractivity contribution in [3.63, 3.8) is 0 Å². The first-order valence-corrected chi connectivity index (χ1v) is 21.9. The van der Waals surface area contributed by atoms with Crippen LogP contribution in [0.2, 0.25) is 0 Å². The Kier molecular flexibility index (Phi) is 42.0. The zero-order valence-electron chi connectivity index (χ0n) is 33.2. The van der Waals surface area contributed by atoms with E-state index in [-0.39, 0.29) is 12.6 Å². The van der Waals surface area contributed by atoms with Crippen LogP contribution >= 0.6 is 0 Å². The van der Waals surface area contributed by atoms with Gasteiger partial charge in [-0.25, -0.2) is 0 Å². The predicted molar refractivity (Wildman–Crippen MR) is 214 cm³/mol. The quantitative estimate of drug-likeness (QED) is 0.0394. The van der Waals surface area contributed by atoms with Crippen molar-refractivity contribution in [3.8, 4) is 0 Å². The van der Waals surface area contributed by atoms with Gasteiger partial charge in [-0.3, -0.25) is 4.79 Å². The average Bonchev–Trinajstić information content (AvgIpc) is 3.11. The first-order valence-electron chi connectivity index (χ1n) is 21.9. The van der Waals surface area contributed by atoms with E-state index in [4.69, 9.17) is 9.47 Å². The van der Waals surface area contributed by atoms with Crippen LogP contribution < -0.4 is 0 Å². The molecule has 1 N–H and O–H groups in total. The molecule has 0 fully saturated rings. The molecule has 4 heteroatoms. The number of unbranched alkanes of at least 4 members (excludes halogenated alkanes) is 29. The molecule has 49 heavy (non-hydrogen) atoms. The summed E-state index contributed by atoms with van der Waals surface area (Å²) in [5, 5.41) is 9.59. The molecule has 290 valence electrons. The highest BCUT2D eigenvalue weighted by atomic mass is 16.6. The van der Waals surface area contributed by atoms with Crippen molar-refractivity contribution in [2.75, 3.05) is 19.8 Å². The summed E-state index contributed by atoms with van der Waals surface area (Å²) in [7, 11) is 0. The maximum absolute atomic E-state index is 12.2. The fourth-order valence-electron chi connectivity index (χ4n) is 6.46. The van der Waals surface area contributed by atoms with E-state index in [1.807, 2.05) is 0 Å². The van der Waals surface area contributed by atoms with Gasteiger partial charge >= 0.3 is 5.97 Å². The molecule has 0 heterocycles. The Morgan fingerprint density at radius 3 is 1.33 bits per heavy atom. The van der Waals surface area contributed by atoms with Gasteiger partial charge in [0.05, 0.1) is 13.2 Å². The molecule has 4 nitrogen and oxygen atoms in total. The van der Waals surface area contributed by atoms with Crippen LogP contribution in [-0.2, 0) is 14.3 Å². The Bertz CT molecular complexity index is 688. The Balaban J connectivity index is 3.36. The van der Waals surface area contributed by atoms with Crippen molar-refractivity contribution in [2.45, 2.75) is 238 Å². The lowest BCUT2D eigenvalue weighted by atomic mass is 10.0. The smallest absolute Gasteiger partial charge is 0.306 e. The second kappa shape index (κ2) is 43.0. The van der Waals surface area contributed by atoms with Gasteiger partial charge in [0.2, 0.25) is 0 Å². The van der Waals surface area contributed by atoms with Gasteiger partial charge in [0.25, 0.3) is 0 Å². The van der Waals surface area contributed by atoms with Gasteiger partial charge in [0, 0.05) is 13.0 Å². The minimum absolute atomic E-state index is 0.173. The summed E-state index contributed by atoms with van der Waals surface area (Å²) >= 11 is 0. The van der Waals surface area contributed by atoms with Crippen molar-refractivity contribution in [1.29, 1.82) is 0 Å². The molecule has 0 saturated carbocycles. The van der Waals surface area contributed by atoms with Crippen LogP contribution in [0.5, 0.6) is 0 Å². The molecule has 0 radical (unpaired) electrons. The first kappa shape index (κ1) is 47.9. The lowest BCUT2D eigenvalue weighted by Crippen LogP contribution is -2.27. The van der Waals surface area contributed by atoms with Crippen LogP contribution in [0.25, 0.3) is 0 Å². The van der Waals surface area contributed by atoms with E-state index in [0.717, 1.165) is 38.5 Å². The van der Waals surface area contributed by atoms with Crippen molar-refractivity contribution in [3.05, 3.63) is 24.3 Å². The second-order valence-corrected chi connectivity index (χ2v) is 14.8. The summed E-state index contributed by atoms with van der Waals surface area (Å²) in [5.74, 6) is -0.211. The molecule has 0 aromatic carbocycles. The van der Waals surface area contributed by atoms with Gasteiger partial charge in [-0.1, -0.05) is 212 Å². The second-order valence-electron chi connectivity index (χ2n) is 14.8. The van der Waals surface area contributed by atoms with Crippen LogP contribution in [-0.4, -0.2) is 37.0 Å². The SMILES string of the molecule is CCCC/C=C\C/C=C\CCCCCCCC(=O)OC(CO)COCCCCCCCCCCCCCCCCCCCCCCCCC. The molecule has 0 aromatic rings. The van der Waals surface area contributed by atoms with Gasteiger partial charge in [0.15, 0.2) is 0 Å². The maximum atomic E-state index is 12.2. The van der Waals surface area contributed by atoms with E-state index in [1.165, 1.54) is 173 Å². The molecule has 0 aromatic heterocycles. The average molecular weight is 691 g/mol. The molecule has 0 spiro atoms. The number of aliphatic hydroxyl groups is 1. The molecule has 0 aliphatic rings. The van der Waals surface area contributed by atoms with Crippen LogP contribution in [0.3, 0.4) is 0 Å².